The summed E-state index contributed by atoms with van der Waals surface area (Å²) in [5, 5.41) is 30.6. The summed E-state index contributed by atoms with van der Waals surface area (Å²) in [5.41, 5.74) is -5.83. The second-order valence-electron chi connectivity index (χ2n) is 9.91. The van der Waals surface area contributed by atoms with Gasteiger partial charge in [0.2, 0.25) is 5.88 Å². The SMILES string of the molecule is O[C@H](COc1ccc(C23CC(C(F)(F)[C@@](O)(Cn4cnnn4)c4ccc(F)cc4F)(C2)C3)cn1)C(F)(F)F. The van der Waals surface area contributed by atoms with Gasteiger partial charge in [0, 0.05) is 29.3 Å². The van der Waals surface area contributed by atoms with Gasteiger partial charge >= 0.3 is 6.18 Å². The van der Waals surface area contributed by atoms with E-state index in [9.17, 15) is 27.1 Å². The molecule has 8 nitrogen and oxygen atoms in total. The van der Waals surface area contributed by atoms with Crippen molar-refractivity contribution in [3.8, 4) is 5.88 Å². The minimum absolute atomic E-state index is 0.0948. The lowest BCUT2D eigenvalue weighted by Crippen LogP contribution is -2.76. The predicted molar refractivity (Wildman–Crippen MR) is 113 cm³/mol. The fraction of sp³-hybridized carbons (Fsp3) is 0.478. The Bertz CT molecular complexity index is 1300. The first-order valence-electron chi connectivity index (χ1n) is 11.3. The number of nitrogens with zero attached hydrogens (tertiary/aromatic N) is 5. The van der Waals surface area contributed by atoms with Crippen LogP contribution in [-0.2, 0) is 17.6 Å². The van der Waals surface area contributed by atoms with E-state index in [-0.39, 0.29) is 25.1 Å². The Morgan fingerprint density at radius 2 is 1.76 bits per heavy atom. The van der Waals surface area contributed by atoms with Crippen LogP contribution in [0.4, 0.5) is 30.7 Å². The number of alkyl halides is 5. The monoisotopic (exact) mass is 547 g/mol. The van der Waals surface area contributed by atoms with Gasteiger partial charge in [-0.25, -0.2) is 27.2 Å². The van der Waals surface area contributed by atoms with E-state index in [1.54, 1.807) is 0 Å². The van der Waals surface area contributed by atoms with Gasteiger partial charge in [-0.3, -0.25) is 0 Å². The summed E-state index contributed by atoms with van der Waals surface area (Å²) >= 11 is 0. The first-order valence-corrected chi connectivity index (χ1v) is 11.3. The standard InChI is InChI=1S/C23H20F7N5O3/c24-14-2-3-15(16(25)5-14)21(37,11-35-12-32-33-34-35)23(29,30)20-8-19(9-20,10-20)13-1-4-18(31-6-13)38-7-17(36)22(26,27)28/h1-6,12,17,36-37H,7-11H2/t17-,19?,20?,21-/m1/s1. The molecular weight excluding hydrogens is 527 g/mol. The Morgan fingerprint density at radius 1 is 1.05 bits per heavy atom. The summed E-state index contributed by atoms with van der Waals surface area (Å²) in [6, 6.07) is 4.69. The molecule has 2 bridgehead atoms. The number of aromatic nitrogens is 5. The van der Waals surface area contributed by atoms with Crippen LogP contribution in [0.1, 0.15) is 30.4 Å². The number of pyridine rings is 1. The average molecular weight is 547 g/mol. The number of rotatable bonds is 9. The molecule has 3 aliphatic rings. The topological polar surface area (TPSA) is 106 Å². The van der Waals surface area contributed by atoms with Gasteiger partial charge in [0.25, 0.3) is 5.92 Å². The Hall–Kier alpha value is -3.33. The first kappa shape index (κ1) is 26.3. The fourth-order valence-electron chi connectivity index (χ4n) is 5.57. The summed E-state index contributed by atoms with van der Waals surface area (Å²) in [5.74, 6) is -6.45. The van der Waals surface area contributed by atoms with E-state index in [1.807, 2.05) is 0 Å². The molecule has 0 unspecified atom stereocenters. The van der Waals surface area contributed by atoms with Crippen LogP contribution in [0.15, 0.2) is 42.9 Å². The van der Waals surface area contributed by atoms with Crippen molar-refractivity contribution in [1.82, 2.24) is 25.2 Å². The maximum atomic E-state index is 16.2. The molecule has 0 spiro atoms. The van der Waals surface area contributed by atoms with E-state index in [0.29, 0.717) is 11.6 Å². The van der Waals surface area contributed by atoms with E-state index in [1.165, 1.54) is 18.3 Å². The normalized spacial score (nSPS) is 25.2. The van der Waals surface area contributed by atoms with E-state index in [0.717, 1.165) is 23.1 Å². The predicted octanol–water partition coefficient (Wildman–Crippen LogP) is 3.29. The zero-order valence-electron chi connectivity index (χ0n) is 19.3. The van der Waals surface area contributed by atoms with Gasteiger partial charge in [0.05, 0.1) is 6.54 Å². The summed E-state index contributed by atoms with van der Waals surface area (Å²) < 4.78 is 104. The van der Waals surface area contributed by atoms with E-state index in [4.69, 9.17) is 9.84 Å². The Balaban J connectivity index is 1.35. The lowest BCUT2D eigenvalue weighted by Gasteiger charge is -2.74. The number of halogens is 7. The molecular formula is C23H20F7N5O3. The second kappa shape index (κ2) is 8.59. The van der Waals surface area contributed by atoms with Gasteiger partial charge in [0.1, 0.15) is 24.6 Å². The molecule has 3 aromatic rings. The molecule has 2 aromatic heterocycles. The molecule has 6 rings (SSSR count). The minimum atomic E-state index is -4.85. The summed E-state index contributed by atoms with van der Waals surface area (Å²) in [4.78, 5) is 3.91. The molecule has 0 aliphatic heterocycles. The van der Waals surface area contributed by atoms with Gasteiger partial charge in [-0.15, -0.1) is 5.10 Å². The largest absolute Gasteiger partial charge is 0.475 e. The third kappa shape index (κ3) is 3.99. The smallest absolute Gasteiger partial charge is 0.417 e. The zero-order valence-corrected chi connectivity index (χ0v) is 19.3. The van der Waals surface area contributed by atoms with Crippen LogP contribution < -0.4 is 4.74 Å². The summed E-state index contributed by atoms with van der Waals surface area (Å²) in [7, 11) is 0. The molecule has 3 aliphatic carbocycles. The van der Waals surface area contributed by atoms with Crippen molar-refractivity contribution in [2.24, 2.45) is 5.41 Å². The molecule has 3 fully saturated rings. The molecule has 15 heteroatoms. The molecule has 38 heavy (non-hydrogen) atoms. The number of aliphatic hydroxyl groups is 2. The van der Waals surface area contributed by atoms with Gasteiger partial charge in [-0.05, 0) is 52.8 Å². The van der Waals surface area contributed by atoms with Crippen molar-refractivity contribution < 1.29 is 45.7 Å². The van der Waals surface area contributed by atoms with Crippen LogP contribution >= 0.6 is 0 Å². The number of benzene rings is 1. The first-order chi connectivity index (χ1) is 17.7. The van der Waals surface area contributed by atoms with E-state index < -0.39 is 65.0 Å². The minimum Gasteiger partial charge on any atom is -0.475 e. The van der Waals surface area contributed by atoms with Crippen molar-refractivity contribution in [3.63, 3.8) is 0 Å². The quantitative estimate of drug-likeness (QED) is 0.396. The van der Waals surface area contributed by atoms with Crippen molar-refractivity contribution in [2.45, 2.75) is 55.0 Å². The van der Waals surface area contributed by atoms with Crippen LogP contribution in [0.5, 0.6) is 5.88 Å². The highest BCUT2D eigenvalue weighted by molar-refractivity contribution is 5.42. The highest BCUT2D eigenvalue weighted by Crippen LogP contribution is 2.80. The van der Waals surface area contributed by atoms with E-state index in [2.05, 4.69) is 20.5 Å². The lowest BCUT2D eigenvalue weighted by atomic mass is 9.30. The van der Waals surface area contributed by atoms with Crippen molar-refractivity contribution in [2.75, 3.05) is 6.61 Å². The molecule has 3 saturated carbocycles. The molecule has 2 heterocycles. The Morgan fingerprint density at radius 3 is 2.32 bits per heavy atom. The molecule has 204 valence electrons. The highest BCUT2D eigenvalue weighted by atomic mass is 19.4. The van der Waals surface area contributed by atoms with Gasteiger partial charge in [-0.1, -0.05) is 6.07 Å². The number of tetrazole rings is 1. The van der Waals surface area contributed by atoms with Crippen molar-refractivity contribution in [3.05, 3.63) is 65.6 Å². The number of ether oxygens (including phenoxy) is 1. The molecule has 2 atom stereocenters. The van der Waals surface area contributed by atoms with Crippen LogP contribution in [-0.4, -0.2) is 60.2 Å². The number of hydrogen-bond donors (Lipinski definition) is 2. The lowest BCUT2D eigenvalue weighted by molar-refractivity contribution is -0.347. The van der Waals surface area contributed by atoms with Crippen LogP contribution in [0.25, 0.3) is 0 Å². The van der Waals surface area contributed by atoms with E-state index >= 15 is 8.78 Å². The second-order valence-corrected chi connectivity index (χ2v) is 9.91. The van der Waals surface area contributed by atoms with Crippen molar-refractivity contribution in [1.29, 1.82) is 0 Å². The summed E-state index contributed by atoms with van der Waals surface area (Å²) in [6.45, 7) is -1.96. The molecule has 2 N–H and O–H groups in total. The Kier molecular flexibility index (Phi) is 5.94. The zero-order chi connectivity index (χ0) is 27.6. The van der Waals surface area contributed by atoms with Gasteiger partial charge in [0.15, 0.2) is 11.7 Å². The van der Waals surface area contributed by atoms with Crippen LogP contribution in [0, 0.1) is 17.0 Å². The number of aliphatic hydroxyl groups excluding tert-OH is 1. The molecule has 1 aromatic carbocycles. The third-order valence-corrected chi connectivity index (χ3v) is 7.49. The van der Waals surface area contributed by atoms with Crippen LogP contribution in [0.3, 0.4) is 0 Å². The highest BCUT2D eigenvalue weighted by Gasteiger charge is 2.82. The van der Waals surface area contributed by atoms with Gasteiger partial charge < -0.3 is 14.9 Å². The number of hydrogen-bond acceptors (Lipinski definition) is 7. The molecule has 0 radical (unpaired) electrons. The third-order valence-electron chi connectivity index (χ3n) is 7.49. The van der Waals surface area contributed by atoms with Gasteiger partial charge in [-0.2, -0.15) is 13.2 Å². The average Bonchev–Trinajstić information content (AvgIpc) is 3.28. The molecule has 0 saturated heterocycles. The summed E-state index contributed by atoms with van der Waals surface area (Å²) in [6.07, 6.45) is -5.55. The maximum absolute atomic E-state index is 16.2. The molecule has 0 amide bonds. The maximum Gasteiger partial charge on any atom is 0.417 e. The van der Waals surface area contributed by atoms with Crippen LogP contribution in [0.2, 0.25) is 0 Å². The fourth-order valence-corrected chi connectivity index (χ4v) is 5.57. The van der Waals surface area contributed by atoms with Crippen molar-refractivity contribution >= 4 is 0 Å². The Labute approximate surface area is 210 Å².